The highest BCUT2D eigenvalue weighted by atomic mass is 16.5. The first kappa shape index (κ1) is 16.4. The van der Waals surface area contributed by atoms with E-state index in [2.05, 4.69) is 31.1 Å². The number of hydrogen-bond donors (Lipinski definition) is 1. The molecule has 0 aromatic carbocycles. The van der Waals surface area contributed by atoms with Crippen LogP contribution >= 0.6 is 0 Å². The fourth-order valence-corrected chi connectivity index (χ4v) is 1.72. The number of esters is 1. The van der Waals surface area contributed by atoms with Crippen molar-refractivity contribution in [3.8, 4) is 0 Å². The Hall–Kier alpha value is -0.610. The summed E-state index contributed by atoms with van der Waals surface area (Å²) in [7, 11) is 5.33. The van der Waals surface area contributed by atoms with Crippen LogP contribution in [0.5, 0.6) is 0 Å². The quantitative estimate of drug-likeness (QED) is 0.657. The summed E-state index contributed by atoms with van der Waals surface area (Å²) in [6.45, 7) is 8.28. The van der Waals surface area contributed by atoms with Crippen LogP contribution in [-0.4, -0.2) is 50.7 Å². The van der Waals surface area contributed by atoms with Crippen LogP contribution in [0.1, 0.15) is 33.6 Å². The highest BCUT2D eigenvalue weighted by Crippen LogP contribution is 2.12. The fourth-order valence-electron chi connectivity index (χ4n) is 1.72. The lowest BCUT2D eigenvalue weighted by Crippen LogP contribution is -2.50. The normalized spacial score (nSPS) is 16.6. The van der Waals surface area contributed by atoms with Crippen molar-refractivity contribution in [2.75, 3.05) is 34.3 Å². The van der Waals surface area contributed by atoms with Gasteiger partial charge in [0.2, 0.25) is 0 Å². The fraction of sp³-hybridized carbons (Fsp3) is 0.923. The van der Waals surface area contributed by atoms with Crippen molar-refractivity contribution < 1.29 is 9.53 Å². The summed E-state index contributed by atoms with van der Waals surface area (Å²) < 4.78 is 4.82. The smallest absolute Gasteiger partial charge is 0.325 e. The molecule has 0 aliphatic rings. The lowest BCUT2D eigenvalue weighted by atomic mass is 9.97. The molecule has 0 aliphatic heterocycles. The van der Waals surface area contributed by atoms with Crippen molar-refractivity contribution >= 4 is 5.97 Å². The van der Waals surface area contributed by atoms with Crippen molar-refractivity contribution in [3.63, 3.8) is 0 Å². The maximum absolute atomic E-state index is 11.7. The second-order valence-corrected chi connectivity index (χ2v) is 5.10. The molecule has 0 rings (SSSR count). The first-order valence-corrected chi connectivity index (χ1v) is 6.35. The molecule has 102 valence electrons. The monoisotopic (exact) mass is 244 g/mol. The van der Waals surface area contributed by atoms with E-state index in [-0.39, 0.29) is 5.97 Å². The Bertz CT molecular complexity index is 233. The van der Waals surface area contributed by atoms with E-state index in [0.29, 0.717) is 5.92 Å². The average molecular weight is 244 g/mol. The third kappa shape index (κ3) is 5.50. The zero-order valence-electron chi connectivity index (χ0n) is 12.2. The minimum Gasteiger partial charge on any atom is -0.468 e. The van der Waals surface area contributed by atoms with Crippen molar-refractivity contribution in [1.29, 1.82) is 0 Å². The van der Waals surface area contributed by atoms with Crippen molar-refractivity contribution in [2.45, 2.75) is 39.2 Å². The van der Waals surface area contributed by atoms with Gasteiger partial charge in [-0.2, -0.15) is 0 Å². The Labute approximate surface area is 106 Å². The summed E-state index contributed by atoms with van der Waals surface area (Å²) >= 11 is 0. The molecule has 0 saturated heterocycles. The number of carbonyl (C=O) groups excluding carboxylic acids is 1. The first-order chi connectivity index (χ1) is 7.89. The molecule has 17 heavy (non-hydrogen) atoms. The van der Waals surface area contributed by atoms with E-state index < -0.39 is 5.54 Å². The molecule has 1 N–H and O–H groups in total. The van der Waals surface area contributed by atoms with Gasteiger partial charge in [-0.05, 0) is 33.4 Å². The van der Waals surface area contributed by atoms with Crippen LogP contribution in [-0.2, 0) is 9.53 Å². The Morgan fingerprint density at radius 1 is 1.53 bits per heavy atom. The molecule has 0 heterocycles. The predicted octanol–water partition coefficient (Wildman–Crippen LogP) is 1.51. The number of methoxy groups -OCH3 is 1. The number of likely N-dealkylation sites (N-methyl/N-ethyl adjacent to an activating group) is 1. The molecular weight excluding hydrogens is 216 g/mol. The minimum absolute atomic E-state index is 0.197. The number of ether oxygens (including phenoxy) is 1. The lowest BCUT2D eigenvalue weighted by Gasteiger charge is -2.29. The molecule has 0 amide bonds. The molecule has 2 atom stereocenters. The maximum atomic E-state index is 11.7. The Morgan fingerprint density at radius 3 is 2.53 bits per heavy atom. The average Bonchev–Trinajstić information content (AvgIpc) is 2.34. The van der Waals surface area contributed by atoms with Gasteiger partial charge in [0.1, 0.15) is 5.54 Å². The van der Waals surface area contributed by atoms with Crippen LogP contribution in [0.2, 0.25) is 0 Å². The first-order valence-electron chi connectivity index (χ1n) is 6.35. The number of carbonyl (C=O) groups is 1. The number of hydrogen-bond acceptors (Lipinski definition) is 4. The van der Waals surface area contributed by atoms with E-state index in [1.807, 2.05) is 6.92 Å². The second kappa shape index (κ2) is 7.67. The van der Waals surface area contributed by atoms with Crippen LogP contribution in [0.15, 0.2) is 0 Å². The van der Waals surface area contributed by atoms with Crippen LogP contribution in [0.25, 0.3) is 0 Å². The van der Waals surface area contributed by atoms with Gasteiger partial charge in [0.15, 0.2) is 0 Å². The Kier molecular flexibility index (Phi) is 7.39. The molecule has 0 aliphatic carbocycles. The maximum Gasteiger partial charge on any atom is 0.325 e. The predicted molar refractivity (Wildman–Crippen MR) is 71.0 cm³/mol. The molecule has 0 radical (unpaired) electrons. The van der Waals surface area contributed by atoms with E-state index in [1.54, 1.807) is 7.05 Å². The highest BCUT2D eigenvalue weighted by Gasteiger charge is 2.32. The highest BCUT2D eigenvalue weighted by molar-refractivity contribution is 5.80. The number of nitrogens with one attached hydrogen (secondary N) is 1. The van der Waals surface area contributed by atoms with Gasteiger partial charge in [0, 0.05) is 13.1 Å². The third-order valence-corrected chi connectivity index (χ3v) is 3.50. The van der Waals surface area contributed by atoms with E-state index >= 15 is 0 Å². The van der Waals surface area contributed by atoms with E-state index in [1.165, 1.54) is 13.5 Å². The lowest BCUT2D eigenvalue weighted by molar-refractivity contribution is -0.148. The summed E-state index contributed by atoms with van der Waals surface area (Å²) in [6, 6.07) is 0. The van der Waals surface area contributed by atoms with Gasteiger partial charge >= 0.3 is 5.97 Å². The van der Waals surface area contributed by atoms with Gasteiger partial charge in [-0.25, -0.2) is 0 Å². The summed E-state index contributed by atoms with van der Waals surface area (Å²) in [4.78, 5) is 13.9. The molecule has 0 bridgehead atoms. The van der Waals surface area contributed by atoms with Gasteiger partial charge < -0.3 is 15.0 Å². The second-order valence-electron chi connectivity index (χ2n) is 5.10. The van der Waals surface area contributed by atoms with Crippen LogP contribution in [0.4, 0.5) is 0 Å². The molecule has 2 unspecified atom stereocenters. The Balaban J connectivity index is 4.19. The summed E-state index contributed by atoms with van der Waals surface area (Å²) in [6.07, 6.45) is 1.94. The summed E-state index contributed by atoms with van der Waals surface area (Å²) in [5.74, 6) is 0.496. The Morgan fingerprint density at radius 2 is 2.12 bits per heavy atom. The molecule has 0 aromatic rings. The van der Waals surface area contributed by atoms with Crippen molar-refractivity contribution in [2.24, 2.45) is 5.92 Å². The number of nitrogens with zero attached hydrogens (tertiary/aromatic N) is 1. The molecule has 0 saturated carbocycles. The zero-order valence-corrected chi connectivity index (χ0v) is 12.2. The summed E-state index contributed by atoms with van der Waals surface area (Å²) in [5, 5.41) is 3.05. The van der Waals surface area contributed by atoms with E-state index in [0.717, 1.165) is 19.5 Å². The topological polar surface area (TPSA) is 41.6 Å². The molecule has 0 spiro atoms. The minimum atomic E-state index is -0.585. The van der Waals surface area contributed by atoms with Crippen LogP contribution in [0.3, 0.4) is 0 Å². The van der Waals surface area contributed by atoms with Gasteiger partial charge in [0.05, 0.1) is 7.11 Å². The summed E-state index contributed by atoms with van der Waals surface area (Å²) in [5.41, 5.74) is -0.585. The zero-order chi connectivity index (χ0) is 13.5. The molecule has 4 heteroatoms. The van der Waals surface area contributed by atoms with Crippen LogP contribution in [0, 0.1) is 5.92 Å². The third-order valence-electron chi connectivity index (χ3n) is 3.50. The van der Waals surface area contributed by atoms with E-state index in [9.17, 15) is 4.79 Å². The largest absolute Gasteiger partial charge is 0.468 e. The van der Waals surface area contributed by atoms with Crippen molar-refractivity contribution in [3.05, 3.63) is 0 Å². The van der Waals surface area contributed by atoms with E-state index in [4.69, 9.17) is 4.74 Å². The molecular formula is C13H28N2O2. The molecule has 0 aromatic heterocycles. The van der Waals surface area contributed by atoms with Crippen molar-refractivity contribution in [1.82, 2.24) is 10.2 Å². The molecule has 0 fully saturated rings. The standard InChI is InChI=1S/C13H28N2O2/c1-7-11(2)10-15(5)9-8-13(3,14-4)12(16)17-6/h11,14H,7-10H2,1-6H3. The van der Waals surface area contributed by atoms with Crippen LogP contribution < -0.4 is 5.32 Å². The van der Waals surface area contributed by atoms with Gasteiger partial charge in [-0.1, -0.05) is 20.3 Å². The molecule has 4 nitrogen and oxygen atoms in total. The number of rotatable bonds is 8. The van der Waals surface area contributed by atoms with Gasteiger partial charge in [0.25, 0.3) is 0 Å². The SMILES string of the molecule is CCC(C)CN(C)CCC(C)(NC)C(=O)OC. The van der Waals surface area contributed by atoms with Gasteiger partial charge in [-0.15, -0.1) is 0 Å². The van der Waals surface area contributed by atoms with Gasteiger partial charge in [-0.3, -0.25) is 4.79 Å².